The normalized spacial score (nSPS) is 14.6. The van der Waals surface area contributed by atoms with E-state index in [4.69, 9.17) is 5.41 Å². The summed E-state index contributed by atoms with van der Waals surface area (Å²) in [7, 11) is 0. The predicted octanol–water partition coefficient (Wildman–Crippen LogP) is 6.40. The molecule has 1 aliphatic rings. The Kier molecular flexibility index (Phi) is 4.87. The molecule has 1 aliphatic heterocycles. The van der Waals surface area contributed by atoms with Gasteiger partial charge in [0.15, 0.2) is 5.84 Å². The summed E-state index contributed by atoms with van der Waals surface area (Å²) in [5.41, 5.74) is 6.03. The molecule has 1 aromatic heterocycles. The molecule has 0 radical (unpaired) electrons. The second-order valence-electron chi connectivity index (χ2n) is 8.21. The van der Waals surface area contributed by atoms with E-state index in [1.165, 1.54) is 20.9 Å². The third kappa shape index (κ3) is 3.64. The molecule has 0 amide bonds. The Morgan fingerprint density at radius 2 is 1.55 bits per heavy atom. The number of hydrogen-bond donors (Lipinski definition) is 2. The highest BCUT2D eigenvalue weighted by Gasteiger charge is 2.33. The first-order valence-corrected chi connectivity index (χ1v) is 11.1. The van der Waals surface area contributed by atoms with Crippen LogP contribution in [0.1, 0.15) is 30.5 Å². The molecular weight excluding hydrogens is 398 g/mol. The molecule has 0 atom stereocenters. The number of fused-ring (bicyclic) bond motifs is 2. The molecule has 3 nitrogen and oxygen atoms in total. The van der Waals surface area contributed by atoms with Crippen molar-refractivity contribution in [3.8, 4) is 11.3 Å². The Morgan fingerprint density at radius 1 is 0.806 bits per heavy atom. The average molecular weight is 422 g/mol. The Labute approximate surface area is 186 Å². The summed E-state index contributed by atoms with van der Waals surface area (Å²) in [6.07, 6.45) is 0. The van der Waals surface area contributed by atoms with E-state index in [2.05, 4.69) is 72.4 Å². The van der Waals surface area contributed by atoms with Gasteiger partial charge in [-0.05, 0) is 47.0 Å². The fraction of sp³-hybridized carbons (Fsp3) is 0.111. The van der Waals surface area contributed by atoms with Gasteiger partial charge >= 0.3 is 0 Å². The zero-order chi connectivity index (χ0) is 21.4. The van der Waals surface area contributed by atoms with Crippen LogP contribution in [-0.4, -0.2) is 10.8 Å². The van der Waals surface area contributed by atoms with Gasteiger partial charge in [0.1, 0.15) is 5.49 Å². The molecule has 2 heterocycles. The Morgan fingerprint density at radius 3 is 2.39 bits per heavy atom. The summed E-state index contributed by atoms with van der Waals surface area (Å²) in [5, 5.41) is 8.64. The molecule has 0 saturated heterocycles. The number of hydrogen-bond acceptors (Lipinski definition) is 2. The van der Waals surface area contributed by atoms with Gasteiger partial charge in [-0.25, -0.2) is 4.99 Å². The maximum absolute atomic E-state index is 8.64. The molecule has 0 unspecified atom stereocenters. The number of rotatable bonds is 2. The van der Waals surface area contributed by atoms with Crippen LogP contribution in [0.25, 0.3) is 11.3 Å². The fourth-order valence-electron chi connectivity index (χ4n) is 4.08. The van der Waals surface area contributed by atoms with Crippen LogP contribution < -0.4 is 5.49 Å². The van der Waals surface area contributed by atoms with Crippen molar-refractivity contribution in [2.45, 2.75) is 29.1 Å². The van der Waals surface area contributed by atoms with Gasteiger partial charge in [-0.15, -0.1) is 0 Å². The van der Waals surface area contributed by atoms with Crippen molar-refractivity contribution >= 4 is 17.6 Å². The molecule has 152 valence electrons. The number of aromatic nitrogens is 1. The van der Waals surface area contributed by atoms with Gasteiger partial charge in [0, 0.05) is 26.5 Å². The number of amidine groups is 1. The highest BCUT2D eigenvalue weighted by atomic mass is 32.2. The minimum atomic E-state index is -0.118. The third-order valence-electron chi connectivity index (χ3n) is 5.80. The maximum atomic E-state index is 8.64. The second-order valence-corrected chi connectivity index (χ2v) is 9.29. The lowest BCUT2D eigenvalue weighted by atomic mass is 9.77. The first-order chi connectivity index (χ1) is 15.0. The SMILES string of the molecule is CC1(C)c2ccccc2Sc2ccc(C(=N)/N=c3/cccc(-c4ccccc4)[nH]3)cc21. The lowest BCUT2D eigenvalue weighted by Gasteiger charge is -2.34. The first kappa shape index (κ1) is 19.6. The third-order valence-corrected chi connectivity index (χ3v) is 6.96. The lowest BCUT2D eigenvalue weighted by Crippen LogP contribution is -2.24. The van der Waals surface area contributed by atoms with Crippen LogP contribution in [0.5, 0.6) is 0 Å². The molecule has 2 N–H and O–H groups in total. The minimum absolute atomic E-state index is 0.118. The zero-order valence-corrected chi connectivity index (χ0v) is 18.3. The van der Waals surface area contributed by atoms with Crippen molar-refractivity contribution in [1.29, 1.82) is 5.41 Å². The van der Waals surface area contributed by atoms with Crippen molar-refractivity contribution in [1.82, 2.24) is 4.98 Å². The molecule has 0 aliphatic carbocycles. The van der Waals surface area contributed by atoms with E-state index < -0.39 is 0 Å². The van der Waals surface area contributed by atoms with Crippen molar-refractivity contribution in [3.05, 3.63) is 113 Å². The molecule has 0 fully saturated rings. The molecule has 5 rings (SSSR count). The molecule has 0 saturated carbocycles. The Bertz CT molecular complexity index is 1350. The number of benzene rings is 3. The number of aromatic amines is 1. The van der Waals surface area contributed by atoms with Gasteiger partial charge in [0.05, 0.1) is 0 Å². The monoisotopic (exact) mass is 421 g/mol. The van der Waals surface area contributed by atoms with Crippen LogP contribution >= 0.6 is 11.8 Å². The molecule has 31 heavy (non-hydrogen) atoms. The van der Waals surface area contributed by atoms with Gasteiger partial charge in [0.25, 0.3) is 0 Å². The quantitative estimate of drug-likeness (QED) is 0.286. The lowest BCUT2D eigenvalue weighted by molar-refractivity contribution is 0.607. The van der Waals surface area contributed by atoms with Gasteiger partial charge in [-0.3, -0.25) is 5.41 Å². The smallest absolute Gasteiger partial charge is 0.154 e. The average Bonchev–Trinajstić information content (AvgIpc) is 2.80. The number of nitrogens with one attached hydrogen (secondary N) is 2. The molecule has 4 heteroatoms. The molecule has 0 spiro atoms. The van der Waals surface area contributed by atoms with Crippen LogP contribution in [0, 0.1) is 5.41 Å². The molecule has 0 bridgehead atoms. The van der Waals surface area contributed by atoms with Crippen molar-refractivity contribution in [2.24, 2.45) is 4.99 Å². The molecule has 4 aromatic rings. The van der Waals surface area contributed by atoms with Gasteiger partial charge in [-0.1, -0.05) is 86.3 Å². The highest BCUT2D eigenvalue weighted by Crippen LogP contribution is 2.49. The van der Waals surface area contributed by atoms with Gasteiger partial charge in [-0.2, -0.15) is 0 Å². The standard InChI is InChI=1S/C27H23N3S/c1-27(2)20-11-6-7-13-23(20)31-24-16-15-19(17-21(24)27)26(28)30-25-14-8-12-22(29-25)18-9-4-3-5-10-18/h3-17H,1-2H3,(H2,28,29,30). The van der Waals surface area contributed by atoms with E-state index in [1.54, 1.807) is 11.8 Å². The van der Waals surface area contributed by atoms with E-state index in [9.17, 15) is 0 Å². The number of pyridine rings is 1. The largest absolute Gasteiger partial charge is 0.340 e. The highest BCUT2D eigenvalue weighted by molar-refractivity contribution is 7.99. The van der Waals surface area contributed by atoms with Crippen molar-refractivity contribution in [2.75, 3.05) is 0 Å². The zero-order valence-electron chi connectivity index (χ0n) is 17.5. The van der Waals surface area contributed by atoms with Crippen molar-refractivity contribution < 1.29 is 0 Å². The summed E-state index contributed by atoms with van der Waals surface area (Å²) in [6, 6.07) is 30.9. The Hall–Kier alpha value is -3.37. The summed E-state index contributed by atoms with van der Waals surface area (Å²) in [4.78, 5) is 10.5. The predicted molar refractivity (Wildman–Crippen MR) is 128 cm³/mol. The summed E-state index contributed by atoms with van der Waals surface area (Å²) < 4.78 is 0. The van der Waals surface area contributed by atoms with Crippen LogP contribution in [0.2, 0.25) is 0 Å². The van der Waals surface area contributed by atoms with Crippen LogP contribution in [-0.2, 0) is 5.41 Å². The van der Waals surface area contributed by atoms with Crippen LogP contribution in [0.3, 0.4) is 0 Å². The molecular formula is C27H23N3S. The topological polar surface area (TPSA) is 52.0 Å². The van der Waals surface area contributed by atoms with Gasteiger partial charge < -0.3 is 4.98 Å². The van der Waals surface area contributed by atoms with Crippen molar-refractivity contribution in [3.63, 3.8) is 0 Å². The van der Waals surface area contributed by atoms with E-state index >= 15 is 0 Å². The summed E-state index contributed by atoms with van der Waals surface area (Å²) >= 11 is 1.80. The molecule has 3 aromatic carbocycles. The van der Waals surface area contributed by atoms with E-state index in [1.807, 2.05) is 42.5 Å². The van der Waals surface area contributed by atoms with Crippen LogP contribution in [0.4, 0.5) is 0 Å². The Balaban J connectivity index is 1.51. The number of nitrogens with zero attached hydrogens (tertiary/aromatic N) is 1. The first-order valence-electron chi connectivity index (χ1n) is 10.3. The minimum Gasteiger partial charge on any atom is -0.340 e. The van der Waals surface area contributed by atoms with E-state index in [-0.39, 0.29) is 11.3 Å². The number of H-pyrrole nitrogens is 1. The summed E-state index contributed by atoms with van der Waals surface area (Å²) in [5.74, 6) is 0.254. The maximum Gasteiger partial charge on any atom is 0.154 e. The fourth-order valence-corrected chi connectivity index (χ4v) is 5.46. The van der Waals surface area contributed by atoms with Crippen LogP contribution in [0.15, 0.2) is 106 Å². The van der Waals surface area contributed by atoms with E-state index in [0.717, 1.165) is 16.8 Å². The second kappa shape index (κ2) is 7.71. The summed E-state index contributed by atoms with van der Waals surface area (Å²) in [6.45, 7) is 4.51. The van der Waals surface area contributed by atoms with Gasteiger partial charge in [0.2, 0.25) is 0 Å². The van der Waals surface area contributed by atoms with E-state index in [0.29, 0.717) is 5.49 Å².